The maximum absolute atomic E-state index is 11.3. The van der Waals surface area contributed by atoms with Crippen LogP contribution in [0.25, 0.3) is 0 Å². The molecule has 0 saturated heterocycles. The summed E-state index contributed by atoms with van der Waals surface area (Å²) in [7, 11) is 0. The van der Waals surface area contributed by atoms with Crippen molar-refractivity contribution in [2.24, 2.45) is 0 Å². The lowest BCUT2D eigenvalue weighted by atomic mass is 10.00. The Morgan fingerprint density at radius 1 is 1.31 bits per heavy atom. The SMILES string of the molecule is O=C1NCc2c1cccc2C1CC1. The van der Waals surface area contributed by atoms with Gasteiger partial charge in [0, 0.05) is 12.1 Å². The van der Waals surface area contributed by atoms with Crippen LogP contribution in [0.3, 0.4) is 0 Å². The van der Waals surface area contributed by atoms with Gasteiger partial charge in [-0.25, -0.2) is 0 Å². The van der Waals surface area contributed by atoms with Crippen molar-refractivity contribution in [3.05, 3.63) is 34.9 Å². The molecule has 2 heteroatoms. The van der Waals surface area contributed by atoms with Crippen molar-refractivity contribution in [2.45, 2.75) is 25.3 Å². The quantitative estimate of drug-likeness (QED) is 0.689. The third kappa shape index (κ3) is 0.981. The topological polar surface area (TPSA) is 29.1 Å². The van der Waals surface area contributed by atoms with Crippen molar-refractivity contribution < 1.29 is 4.79 Å². The standard InChI is InChI=1S/C11H11NO/c13-11-9-3-1-2-8(7-4-5-7)10(9)6-12-11/h1-3,7H,4-6H2,(H,12,13). The molecule has 1 amide bonds. The number of benzene rings is 1. The lowest BCUT2D eigenvalue weighted by Crippen LogP contribution is -2.12. The molecule has 2 aliphatic rings. The van der Waals surface area contributed by atoms with E-state index in [2.05, 4.69) is 11.4 Å². The summed E-state index contributed by atoms with van der Waals surface area (Å²) in [6.45, 7) is 0.737. The number of carbonyl (C=O) groups excluding carboxylic acids is 1. The summed E-state index contributed by atoms with van der Waals surface area (Å²) < 4.78 is 0. The summed E-state index contributed by atoms with van der Waals surface area (Å²) in [4.78, 5) is 11.3. The van der Waals surface area contributed by atoms with Gasteiger partial charge in [0.2, 0.25) is 0 Å². The van der Waals surface area contributed by atoms with Crippen molar-refractivity contribution in [3.63, 3.8) is 0 Å². The van der Waals surface area contributed by atoms with E-state index in [1.54, 1.807) is 0 Å². The van der Waals surface area contributed by atoms with Crippen LogP contribution in [0.2, 0.25) is 0 Å². The molecule has 1 fully saturated rings. The van der Waals surface area contributed by atoms with Crippen LogP contribution in [0, 0.1) is 0 Å². The van der Waals surface area contributed by atoms with Gasteiger partial charge in [0.1, 0.15) is 0 Å². The zero-order chi connectivity index (χ0) is 8.84. The van der Waals surface area contributed by atoms with Crippen LogP contribution in [0.15, 0.2) is 18.2 Å². The van der Waals surface area contributed by atoms with Crippen molar-refractivity contribution in [2.75, 3.05) is 0 Å². The third-order valence-electron chi connectivity index (χ3n) is 2.90. The number of carbonyl (C=O) groups is 1. The first kappa shape index (κ1) is 7.13. The van der Waals surface area contributed by atoms with Gasteiger partial charge in [0.25, 0.3) is 5.91 Å². The molecule has 1 N–H and O–H groups in total. The number of amides is 1. The van der Waals surface area contributed by atoms with E-state index in [4.69, 9.17) is 0 Å². The molecule has 0 bridgehead atoms. The largest absolute Gasteiger partial charge is 0.348 e. The summed E-state index contributed by atoms with van der Waals surface area (Å²) in [5.41, 5.74) is 3.54. The van der Waals surface area contributed by atoms with Gasteiger partial charge in [-0.2, -0.15) is 0 Å². The molecule has 66 valence electrons. The second-order valence-corrected chi connectivity index (χ2v) is 3.83. The van der Waals surface area contributed by atoms with E-state index in [1.807, 2.05) is 12.1 Å². The molecular formula is C11H11NO. The highest BCUT2D eigenvalue weighted by Gasteiger charge is 2.30. The van der Waals surface area contributed by atoms with Crippen LogP contribution in [-0.2, 0) is 6.54 Å². The minimum Gasteiger partial charge on any atom is -0.348 e. The van der Waals surface area contributed by atoms with E-state index >= 15 is 0 Å². The summed E-state index contributed by atoms with van der Waals surface area (Å²) in [5.74, 6) is 0.833. The van der Waals surface area contributed by atoms with E-state index in [0.717, 1.165) is 18.0 Å². The van der Waals surface area contributed by atoms with Crippen LogP contribution in [0.4, 0.5) is 0 Å². The van der Waals surface area contributed by atoms with E-state index in [-0.39, 0.29) is 5.91 Å². The van der Waals surface area contributed by atoms with Crippen molar-refractivity contribution in [3.8, 4) is 0 Å². The molecule has 1 aliphatic heterocycles. The Balaban J connectivity index is 2.17. The predicted molar refractivity (Wildman–Crippen MR) is 49.6 cm³/mol. The van der Waals surface area contributed by atoms with Crippen LogP contribution in [0.1, 0.15) is 40.2 Å². The summed E-state index contributed by atoms with van der Waals surface area (Å²) >= 11 is 0. The first-order chi connectivity index (χ1) is 6.36. The van der Waals surface area contributed by atoms with Crippen molar-refractivity contribution in [1.82, 2.24) is 5.32 Å². The lowest BCUT2D eigenvalue weighted by Gasteiger charge is -2.03. The van der Waals surface area contributed by atoms with E-state index in [9.17, 15) is 4.79 Å². The van der Waals surface area contributed by atoms with Gasteiger partial charge in [-0.15, -0.1) is 0 Å². The third-order valence-corrected chi connectivity index (χ3v) is 2.90. The smallest absolute Gasteiger partial charge is 0.251 e. The van der Waals surface area contributed by atoms with Crippen LogP contribution in [0.5, 0.6) is 0 Å². The second-order valence-electron chi connectivity index (χ2n) is 3.83. The fourth-order valence-corrected chi connectivity index (χ4v) is 2.06. The van der Waals surface area contributed by atoms with Gasteiger partial charge in [0.15, 0.2) is 0 Å². The van der Waals surface area contributed by atoms with Gasteiger partial charge < -0.3 is 5.32 Å². The highest BCUT2D eigenvalue weighted by molar-refractivity contribution is 5.98. The molecule has 0 spiro atoms. The van der Waals surface area contributed by atoms with Crippen LogP contribution >= 0.6 is 0 Å². The molecule has 1 heterocycles. The Labute approximate surface area is 77.0 Å². The maximum atomic E-state index is 11.3. The Morgan fingerprint density at radius 3 is 2.92 bits per heavy atom. The zero-order valence-corrected chi connectivity index (χ0v) is 7.34. The molecular weight excluding hydrogens is 162 g/mol. The van der Waals surface area contributed by atoms with Crippen molar-refractivity contribution >= 4 is 5.91 Å². The maximum Gasteiger partial charge on any atom is 0.251 e. The van der Waals surface area contributed by atoms with Gasteiger partial charge >= 0.3 is 0 Å². The van der Waals surface area contributed by atoms with Crippen LogP contribution in [-0.4, -0.2) is 5.91 Å². The van der Waals surface area contributed by atoms with Gasteiger partial charge in [0.05, 0.1) is 0 Å². The molecule has 1 aliphatic carbocycles. The predicted octanol–water partition coefficient (Wildman–Crippen LogP) is 1.81. The molecule has 0 atom stereocenters. The summed E-state index contributed by atoms with van der Waals surface area (Å²) in [5, 5.41) is 2.87. The normalized spacial score (nSPS) is 19.8. The zero-order valence-electron chi connectivity index (χ0n) is 7.34. The van der Waals surface area contributed by atoms with Gasteiger partial charge in [-0.05, 0) is 36.0 Å². The first-order valence-electron chi connectivity index (χ1n) is 4.76. The van der Waals surface area contributed by atoms with E-state index in [1.165, 1.54) is 24.0 Å². The second kappa shape index (κ2) is 2.34. The summed E-state index contributed by atoms with van der Waals surface area (Å²) in [6.07, 6.45) is 2.59. The highest BCUT2D eigenvalue weighted by Crippen LogP contribution is 2.42. The molecule has 3 rings (SSSR count). The minimum atomic E-state index is 0.0949. The Bertz CT molecular complexity index is 380. The first-order valence-corrected chi connectivity index (χ1v) is 4.76. The molecule has 2 nitrogen and oxygen atoms in total. The van der Waals surface area contributed by atoms with Crippen molar-refractivity contribution in [1.29, 1.82) is 0 Å². The lowest BCUT2D eigenvalue weighted by molar-refractivity contribution is 0.0966. The average molecular weight is 173 g/mol. The minimum absolute atomic E-state index is 0.0949. The summed E-state index contributed by atoms with van der Waals surface area (Å²) in [6, 6.07) is 6.08. The van der Waals surface area contributed by atoms with E-state index < -0.39 is 0 Å². The van der Waals surface area contributed by atoms with E-state index in [0.29, 0.717) is 0 Å². The average Bonchev–Trinajstić information content (AvgIpc) is 2.92. The van der Waals surface area contributed by atoms with Crippen LogP contribution < -0.4 is 5.32 Å². The molecule has 0 unspecified atom stereocenters. The molecule has 1 aromatic rings. The molecule has 0 radical (unpaired) electrons. The fourth-order valence-electron chi connectivity index (χ4n) is 2.06. The Hall–Kier alpha value is -1.31. The van der Waals surface area contributed by atoms with Gasteiger partial charge in [-0.1, -0.05) is 12.1 Å². The number of fused-ring (bicyclic) bond motifs is 1. The van der Waals surface area contributed by atoms with Gasteiger partial charge in [-0.3, -0.25) is 4.79 Å². The fraction of sp³-hybridized carbons (Fsp3) is 0.364. The molecule has 1 saturated carbocycles. The number of rotatable bonds is 1. The molecule has 13 heavy (non-hydrogen) atoms. The number of nitrogens with one attached hydrogen (secondary N) is 1. The molecule has 1 aromatic carbocycles. The monoisotopic (exact) mass is 173 g/mol. The molecule has 0 aromatic heterocycles. The number of hydrogen-bond donors (Lipinski definition) is 1. The number of hydrogen-bond acceptors (Lipinski definition) is 1. The Kier molecular flexibility index (Phi) is 1.29. The highest BCUT2D eigenvalue weighted by atomic mass is 16.1. The Morgan fingerprint density at radius 2 is 2.15 bits per heavy atom.